The molecule has 0 aliphatic rings. The molecular formula is C55H32N4O2. The minimum absolute atomic E-state index is 0.508. The van der Waals surface area contributed by atoms with Gasteiger partial charge in [-0.15, -0.1) is 0 Å². The van der Waals surface area contributed by atoms with Crippen LogP contribution in [0.3, 0.4) is 0 Å². The van der Waals surface area contributed by atoms with Crippen LogP contribution in [0.5, 0.6) is 0 Å². The summed E-state index contributed by atoms with van der Waals surface area (Å²) >= 11 is 0. The van der Waals surface area contributed by atoms with Crippen LogP contribution in [0, 0.1) is 0 Å². The zero-order valence-electron chi connectivity index (χ0n) is 32.6. The molecule has 0 saturated heterocycles. The van der Waals surface area contributed by atoms with Gasteiger partial charge >= 0.3 is 0 Å². The molecule has 6 nitrogen and oxygen atoms in total. The molecule has 0 aliphatic carbocycles. The van der Waals surface area contributed by atoms with Crippen LogP contribution in [0.25, 0.3) is 127 Å². The predicted octanol–water partition coefficient (Wildman–Crippen LogP) is 14.6. The molecule has 0 unspecified atom stereocenters. The van der Waals surface area contributed by atoms with E-state index < -0.39 is 0 Å². The Morgan fingerprint density at radius 1 is 0.344 bits per heavy atom. The van der Waals surface area contributed by atoms with E-state index in [1.54, 1.807) is 0 Å². The molecule has 0 spiro atoms. The highest BCUT2D eigenvalue weighted by Crippen LogP contribution is 2.42. The molecule has 0 amide bonds. The molecule has 4 aromatic heterocycles. The van der Waals surface area contributed by atoms with Gasteiger partial charge in [0.2, 0.25) is 0 Å². The Morgan fingerprint density at radius 3 is 1.77 bits per heavy atom. The largest absolute Gasteiger partial charge is 0.456 e. The molecule has 4 heterocycles. The number of benzene rings is 9. The summed E-state index contributed by atoms with van der Waals surface area (Å²) in [4.78, 5) is 15.9. The average Bonchev–Trinajstić information content (AvgIpc) is 4.00. The number of nitrogens with zero attached hydrogens (tertiary/aromatic N) is 4. The number of rotatable bonds is 5. The normalized spacial score (nSPS) is 11.9. The summed E-state index contributed by atoms with van der Waals surface area (Å²) in [7, 11) is 0. The van der Waals surface area contributed by atoms with E-state index >= 15 is 0 Å². The fourth-order valence-corrected chi connectivity index (χ4v) is 9.19. The zero-order chi connectivity index (χ0) is 40.0. The SMILES string of the molecule is c1ccc(-c2ccc(-c3nc(-c4cc(-n5c6ccccc6c6cc7ccccc7cc65)cc5c4oc4ccccc45)nc(-c4cccc5oc6ccccc6c45)n3)cc2)cc1. The number of para-hydroxylation sites is 3. The second-order valence-electron chi connectivity index (χ2n) is 15.6. The molecule has 0 saturated carbocycles. The van der Waals surface area contributed by atoms with E-state index in [1.807, 2.05) is 48.5 Å². The summed E-state index contributed by atoms with van der Waals surface area (Å²) in [5, 5.41) is 8.73. The van der Waals surface area contributed by atoms with Crippen molar-refractivity contribution in [3.8, 4) is 51.0 Å². The molecule has 284 valence electrons. The number of aromatic nitrogens is 4. The minimum atomic E-state index is 0.508. The van der Waals surface area contributed by atoms with Gasteiger partial charge in [-0.25, -0.2) is 15.0 Å². The van der Waals surface area contributed by atoms with E-state index in [9.17, 15) is 0 Å². The molecule has 0 bridgehead atoms. The standard InChI is InChI=1S/C55H32N4O2/c1-2-13-33(14-3-1)34-25-27-35(28-26-34)53-56-54(42-20-12-24-50-51(42)41-19-8-11-23-49(41)60-50)58-55(57-53)45-32-38(31-44-40-18-7-10-22-48(40)61-52(44)45)59-46-21-9-6-17-39(46)43-29-36-15-4-5-16-37(36)30-47(43)59/h1-32H. The molecule has 0 N–H and O–H groups in total. The van der Waals surface area contributed by atoms with Crippen LogP contribution in [0.4, 0.5) is 0 Å². The highest BCUT2D eigenvalue weighted by molar-refractivity contribution is 6.16. The van der Waals surface area contributed by atoms with Gasteiger partial charge in [0.05, 0.1) is 16.6 Å². The van der Waals surface area contributed by atoms with E-state index in [0.29, 0.717) is 23.1 Å². The van der Waals surface area contributed by atoms with Crippen molar-refractivity contribution in [3.63, 3.8) is 0 Å². The first kappa shape index (κ1) is 33.6. The molecule has 13 aromatic rings. The van der Waals surface area contributed by atoms with Crippen molar-refractivity contribution in [1.82, 2.24) is 19.5 Å². The van der Waals surface area contributed by atoms with Crippen molar-refractivity contribution in [2.45, 2.75) is 0 Å². The quantitative estimate of drug-likeness (QED) is 0.174. The van der Waals surface area contributed by atoms with Gasteiger partial charge in [-0.2, -0.15) is 0 Å². The van der Waals surface area contributed by atoms with Crippen LogP contribution in [0.1, 0.15) is 0 Å². The van der Waals surface area contributed by atoms with Crippen molar-refractivity contribution in [2.24, 2.45) is 0 Å². The molecule has 0 atom stereocenters. The van der Waals surface area contributed by atoms with Crippen LogP contribution in [-0.4, -0.2) is 19.5 Å². The Hall–Kier alpha value is -8.35. The van der Waals surface area contributed by atoms with Crippen molar-refractivity contribution in [2.75, 3.05) is 0 Å². The lowest BCUT2D eigenvalue weighted by atomic mass is 10.0. The van der Waals surface area contributed by atoms with E-state index in [1.165, 1.54) is 21.5 Å². The first-order valence-electron chi connectivity index (χ1n) is 20.4. The number of furan rings is 2. The van der Waals surface area contributed by atoms with E-state index in [-0.39, 0.29) is 0 Å². The lowest BCUT2D eigenvalue weighted by Crippen LogP contribution is -2.02. The fraction of sp³-hybridized carbons (Fsp3) is 0. The topological polar surface area (TPSA) is 69.9 Å². The Labute approximate surface area is 348 Å². The lowest BCUT2D eigenvalue weighted by molar-refractivity contribution is 0.668. The molecule has 0 fully saturated rings. The van der Waals surface area contributed by atoms with Gasteiger partial charge in [0, 0.05) is 49.1 Å². The third-order valence-corrected chi connectivity index (χ3v) is 12.0. The van der Waals surface area contributed by atoms with Crippen LogP contribution >= 0.6 is 0 Å². The Balaban J connectivity index is 1.11. The zero-order valence-corrected chi connectivity index (χ0v) is 32.6. The fourth-order valence-electron chi connectivity index (χ4n) is 9.19. The first-order chi connectivity index (χ1) is 30.2. The maximum atomic E-state index is 6.79. The number of hydrogen-bond donors (Lipinski definition) is 0. The highest BCUT2D eigenvalue weighted by Gasteiger charge is 2.23. The molecule has 9 aromatic carbocycles. The second-order valence-corrected chi connectivity index (χ2v) is 15.6. The van der Waals surface area contributed by atoms with Gasteiger partial charge in [-0.1, -0.05) is 146 Å². The Bertz CT molecular complexity index is 3880. The number of hydrogen-bond acceptors (Lipinski definition) is 5. The van der Waals surface area contributed by atoms with Crippen LogP contribution in [0.2, 0.25) is 0 Å². The summed E-state index contributed by atoms with van der Waals surface area (Å²) in [6.07, 6.45) is 0. The van der Waals surface area contributed by atoms with Gasteiger partial charge in [0.15, 0.2) is 17.5 Å². The molecule has 0 radical (unpaired) electrons. The Morgan fingerprint density at radius 2 is 0.951 bits per heavy atom. The summed E-state index contributed by atoms with van der Waals surface area (Å²) in [5.41, 5.74) is 11.1. The van der Waals surface area contributed by atoms with Crippen LogP contribution < -0.4 is 0 Å². The van der Waals surface area contributed by atoms with E-state index in [0.717, 1.165) is 82.8 Å². The summed E-state index contributed by atoms with van der Waals surface area (Å²) in [5.74, 6) is 1.61. The van der Waals surface area contributed by atoms with Crippen molar-refractivity contribution in [3.05, 3.63) is 194 Å². The van der Waals surface area contributed by atoms with E-state index in [2.05, 4.69) is 150 Å². The van der Waals surface area contributed by atoms with Gasteiger partial charge in [-0.3, -0.25) is 0 Å². The van der Waals surface area contributed by atoms with E-state index in [4.69, 9.17) is 23.8 Å². The monoisotopic (exact) mass is 780 g/mol. The van der Waals surface area contributed by atoms with Gasteiger partial charge in [0.25, 0.3) is 0 Å². The highest BCUT2D eigenvalue weighted by atomic mass is 16.3. The lowest BCUT2D eigenvalue weighted by Gasteiger charge is -2.13. The second kappa shape index (κ2) is 13.1. The number of fused-ring (bicyclic) bond motifs is 10. The third kappa shape index (κ3) is 5.26. The minimum Gasteiger partial charge on any atom is -0.456 e. The van der Waals surface area contributed by atoms with Crippen molar-refractivity contribution in [1.29, 1.82) is 0 Å². The summed E-state index contributed by atoms with van der Waals surface area (Å²) in [6.45, 7) is 0. The van der Waals surface area contributed by atoms with Gasteiger partial charge in [-0.05, 0) is 70.4 Å². The third-order valence-electron chi connectivity index (χ3n) is 12.0. The Kier molecular flexibility index (Phi) is 7.21. The molecule has 6 heteroatoms. The average molecular weight is 781 g/mol. The summed E-state index contributed by atoms with van der Waals surface area (Å²) in [6, 6.07) is 67.5. The van der Waals surface area contributed by atoms with Gasteiger partial charge in [0.1, 0.15) is 22.3 Å². The summed E-state index contributed by atoms with van der Waals surface area (Å²) < 4.78 is 15.5. The molecular weight excluding hydrogens is 749 g/mol. The van der Waals surface area contributed by atoms with Crippen molar-refractivity contribution < 1.29 is 8.83 Å². The van der Waals surface area contributed by atoms with Gasteiger partial charge < -0.3 is 13.4 Å². The van der Waals surface area contributed by atoms with Crippen LogP contribution in [0.15, 0.2) is 203 Å². The molecule has 0 aliphatic heterocycles. The molecule has 61 heavy (non-hydrogen) atoms. The predicted molar refractivity (Wildman–Crippen MR) is 248 cm³/mol. The van der Waals surface area contributed by atoms with Crippen LogP contribution in [-0.2, 0) is 0 Å². The molecule has 13 rings (SSSR count). The maximum Gasteiger partial charge on any atom is 0.167 e. The maximum absolute atomic E-state index is 6.79. The van der Waals surface area contributed by atoms with Crippen molar-refractivity contribution >= 4 is 76.5 Å². The first-order valence-corrected chi connectivity index (χ1v) is 20.4. The smallest absolute Gasteiger partial charge is 0.167 e.